The SMILES string of the molecule is CCN(CC)CCC[C@H](C)Nc1ccnc2ccc(N(C)C)cc12. The zero-order valence-corrected chi connectivity index (χ0v) is 15.8. The first-order valence-electron chi connectivity index (χ1n) is 9.10. The van der Waals surface area contributed by atoms with Crippen LogP contribution in [0.3, 0.4) is 0 Å². The number of anilines is 2. The van der Waals surface area contributed by atoms with Gasteiger partial charge in [-0.25, -0.2) is 0 Å². The van der Waals surface area contributed by atoms with Crippen LogP contribution in [0.25, 0.3) is 10.9 Å². The van der Waals surface area contributed by atoms with Gasteiger partial charge in [-0.1, -0.05) is 13.8 Å². The highest BCUT2D eigenvalue weighted by molar-refractivity contribution is 5.93. The Morgan fingerprint density at radius 2 is 1.88 bits per heavy atom. The van der Waals surface area contributed by atoms with E-state index in [-0.39, 0.29) is 0 Å². The average molecular weight is 329 g/mol. The Labute approximate surface area is 146 Å². The van der Waals surface area contributed by atoms with Gasteiger partial charge in [0.15, 0.2) is 0 Å². The third-order valence-corrected chi connectivity index (χ3v) is 4.65. The highest BCUT2D eigenvalue weighted by Crippen LogP contribution is 2.26. The number of fused-ring (bicyclic) bond motifs is 1. The topological polar surface area (TPSA) is 31.4 Å². The Morgan fingerprint density at radius 1 is 1.12 bits per heavy atom. The van der Waals surface area contributed by atoms with Gasteiger partial charge < -0.3 is 15.1 Å². The van der Waals surface area contributed by atoms with Gasteiger partial charge in [0.2, 0.25) is 0 Å². The number of aromatic nitrogens is 1. The van der Waals surface area contributed by atoms with Crippen LogP contribution >= 0.6 is 0 Å². The number of nitrogens with zero attached hydrogens (tertiary/aromatic N) is 3. The van der Waals surface area contributed by atoms with Crippen LogP contribution in [0.4, 0.5) is 11.4 Å². The Bertz CT molecular complexity index is 635. The van der Waals surface area contributed by atoms with Crippen molar-refractivity contribution < 1.29 is 0 Å². The van der Waals surface area contributed by atoms with E-state index >= 15 is 0 Å². The number of benzene rings is 1. The maximum absolute atomic E-state index is 4.49. The summed E-state index contributed by atoms with van der Waals surface area (Å²) in [4.78, 5) is 9.10. The number of hydrogen-bond donors (Lipinski definition) is 1. The molecule has 1 heterocycles. The summed E-state index contributed by atoms with van der Waals surface area (Å²) in [6.07, 6.45) is 4.29. The Hall–Kier alpha value is -1.81. The standard InChI is InChI=1S/C20H32N4/c1-6-24(7-2)14-8-9-16(3)22-20-12-13-21-19-11-10-17(23(4)5)15-18(19)20/h10-13,15-16H,6-9,14H2,1-5H3,(H,21,22)/t16-/m0/s1. The van der Waals surface area contributed by atoms with Gasteiger partial charge in [0, 0.05) is 43.1 Å². The summed E-state index contributed by atoms with van der Waals surface area (Å²) in [6.45, 7) is 10.2. The molecule has 0 radical (unpaired) electrons. The van der Waals surface area contributed by atoms with Crippen molar-refractivity contribution in [1.82, 2.24) is 9.88 Å². The van der Waals surface area contributed by atoms with Crippen LogP contribution in [0.2, 0.25) is 0 Å². The van der Waals surface area contributed by atoms with Crippen LogP contribution < -0.4 is 10.2 Å². The predicted molar refractivity (Wildman–Crippen MR) is 106 cm³/mol. The lowest BCUT2D eigenvalue weighted by Gasteiger charge is -2.21. The molecule has 0 aliphatic rings. The van der Waals surface area contributed by atoms with Gasteiger partial charge in [-0.3, -0.25) is 4.98 Å². The summed E-state index contributed by atoms with van der Waals surface area (Å²) in [5, 5.41) is 4.88. The van der Waals surface area contributed by atoms with Gasteiger partial charge in [-0.05, 0) is 63.7 Å². The van der Waals surface area contributed by atoms with Crippen molar-refractivity contribution in [3.8, 4) is 0 Å². The molecule has 2 aromatic rings. The average Bonchev–Trinajstić information content (AvgIpc) is 2.58. The smallest absolute Gasteiger partial charge is 0.0724 e. The first-order chi connectivity index (χ1) is 11.5. The van der Waals surface area contributed by atoms with E-state index in [4.69, 9.17) is 0 Å². The molecule has 1 atom stereocenters. The van der Waals surface area contributed by atoms with E-state index in [2.05, 4.69) is 79.2 Å². The fourth-order valence-corrected chi connectivity index (χ4v) is 3.04. The molecule has 0 bridgehead atoms. The summed E-state index contributed by atoms with van der Waals surface area (Å²) < 4.78 is 0. The first-order valence-corrected chi connectivity index (χ1v) is 9.10. The first kappa shape index (κ1) is 18.5. The molecule has 4 heteroatoms. The van der Waals surface area contributed by atoms with Crippen molar-refractivity contribution in [2.24, 2.45) is 0 Å². The monoisotopic (exact) mass is 328 g/mol. The quantitative estimate of drug-likeness (QED) is 0.746. The molecule has 0 aliphatic carbocycles. The lowest BCUT2D eigenvalue weighted by Crippen LogP contribution is -2.25. The van der Waals surface area contributed by atoms with Crippen LogP contribution in [0.1, 0.15) is 33.6 Å². The second-order valence-corrected chi connectivity index (χ2v) is 6.67. The molecular weight excluding hydrogens is 296 g/mol. The lowest BCUT2D eigenvalue weighted by atomic mass is 10.1. The fraction of sp³-hybridized carbons (Fsp3) is 0.550. The van der Waals surface area contributed by atoms with Crippen molar-refractivity contribution in [2.45, 2.75) is 39.7 Å². The third-order valence-electron chi connectivity index (χ3n) is 4.65. The van der Waals surface area contributed by atoms with E-state index in [1.165, 1.54) is 36.1 Å². The largest absolute Gasteiger partial charge is 0.382 e. The number of nitrogens with one attached hydrogen (secondary N) is 1. The summed E-state index contributed by atoms with van der Waals surface area (Å²) in [7, 11) is 4.14. The van der Waals surface area contributed by atoms with E-state index in [0.717, 1.165) is 18.6 Å². The normalized spacial score (nSPS) is 12.6. The zero-order valence-electron chi connectivity index (χ0n) is 15.8. The van der Waals surface area contributed by atoms with Crippen LogP contribution in [0.5, 0.6) is 0 Å². The van der Waals surface area contributed by atoms with E-state index in [0.29, 0.717) is 6.04 Å². The highest BCUT2D eigenvalue weighted by Gasteiger charge is 2.08. The van der Waals surface area contributed by atoms with E-state index in [1.807, 2.05) is 6.20 Å². The second-order valence-electron chi connectivity index (χ2n) is 6.67. The van der Waals surface area contributed by atoms with Crippen LogP contribution in [-0.4, -0.2) is 49.7 Å². The number of rotatable bonds is 9. The van der Waals surface area contributed by atoms with Gasteiger partial charge in [-0.2, -0.15) is 0 Å². The molecule has 0 saturated heterocycles. The zero-order chi connectivity index (χ0) is 17.5. The van der Waals surface area contributed by atoms with Crippen molar-refractivity contribution >= 4 is 22.3 Å². The Kier molecular flexibility index (Phi) is 6.85. The molecule has 132 valence electrons. The van der Waals surface area contributed by atoms with Gasteiger partial charge >= 0.3 is 0 Å². The minimum Gasteiger partial charge on any atom is -0.382 e. The maximum Gasteiger partial charge on any atom is 0.0724 e. The molecular formula is C20H32N4. The molecule has 0 fully saturated rings. The summed E-state index contributed by atoms with van der Waals surface area (Å²) in [6, 6.07) is 8.97. The summed E-state index contributed by atoms with van der Waals surface area (Å²) in [5.41, 5.74) is 3.42. The molecule has 0 amide bonds. The second kappa shape index (κ2) is 8.88. The summed E-state index contributed by atoms with van der Waals surface area (Å²) >= 11 is 0. The number of hydrogen-bond acceptors (Lipinski definition) is 4. The van der Waals surface area contributed by atoms with Gasteiger partial charge in [0.05, 0.1) is 5.52 Å². The van der Waals surface area contributed by atoms with Gasteiger partial charge in [0.25, 0.3) is 0 Å². The Morgan fingerprint density at radius 3 is 2.54 bits per heavy atom. The minimum absolute atomic E-state index is 0.453. The van der Waals surface area contributed by atoms with Crippen molar-refractivity contribution in [3.05, 3.63) is 30.5 Å². The van der Waals surface area contributed by atoms with E-state index < -0.39 is 0 Å². The van der Waals surface area contributed by atoms with Gasteiger partial charge in [0.1, 0.15) is 0 Å². The minimum atomic E-state index is 0.453. The molecule has 1 N–H and O–H groups in total. The van der Waals surface area contributed by atoms with E-state index in [9.17, 15) is 0 Å². The summed E-state index contributed by atoms with van der Waals surface area (Å²) in [5.74, 6) is 0. The molecule has 2 rings (SSSR count). The maximum atomic E-state index is 4.49. The number of pyridine rings is 1. The van der Waals surface area contributed by atoms with Crippen LogP contribution in [0.15, 0.2) is 30.5 Å². The Balaban J connectivity index is 2.04. The molecule has 4 nitrogen and oxygen atoms in total. The highest BCUT2D eigenvalue weighted by atomic mass is 15.1. The molecule has 0 unspecified atom stereocenters. The lowest BCUT2D eigenvalue weighted by molar-refractivity contribution is 0.295. The molecule has 1 aromatic carbocycles. The van der Waals surface area contributed by atoms with Crippen LogP contribution in [0, 0.1) is 0 Å². The predicted octanol–water partition coefficient (Wildman–Crippen LogP) is 4.22. The molecule has 0 saturated carbocycles. The van der Waals surface area contributed by atoms with Gasteiger partial charge in [-0.15, -0.1) is 0 Å². The molecule has 24 heavy (non-hydrogen) atoms. The van der Waals surface area contributed by atoms with E-state index in [1.54, 1.807) is 0 Å². The third kappa shape index (κ3) is 4.84. The van der Waals surface area contributed by atoms with Crippen molar-refractivity contribution in [1.29, 1.82) is 0 Å². The van der Waals surface area contributed by atoms with Crippen LogP contribution in [-0.2, 0) is 0 Å². The molecule has 0 spiro atoms. The fourth-order valence-electron chi connectivity index (χ4n) is 3.04. The van der Waals surface area contributed by atoms with Crippen molar-refractivity contribution in [2.75, 3.05) is 43.9 Å². The molecule has 1 aromatic heterocycles. The van der Waals surface area contributed by atoms with Crippen molar-refractivity contribution in [3.63, 3.8) is 0 Å². The molecule has 0 aliphatic heterocycles.